The summed E-state index contributed by atoms with van der Waals surface area (Å²) < 4.78 is 0. The van der Waals surface area contributed by atoms with Crippen molar-refractivity contribution >= 4 is 17.2 Å². The second-order valence-corrected chi connectivity index (χ2v) is 9.01. The maximum atomic E-state index is 12.3. The van der Waals surface area contributed by atoms with Gasteiger partial charge in [0.1, 0.15) is 5.01 Å². The van der Waals surface area contributed by atoms with Gasteiger partial charge in [-0.2, -0.15) is 0 Å². The lowest BCUT2D eigenvalue weighted by Gasteiger charge is -2.32. The molecule has 1 N–H and O–H groups in total. The first kappa shape index (κ1) is 19.6. The Hall–Kier alpha value is -1.76. The van der Waals surface area contributed by atoms with Crippen LogP contribution < -0.4 is 5.32 Å². The van der Waals surface area contributed by atoms with Crippen molar-refractivity contribution in [2.24, 2.45) is 0 Å². The van der Waals surface area contributed by atoms with Gasteiger partial charge >= 0.3 is 0 Å². The van der Waals surface area contributed by atoms with Crippen LogP contribution in [0.25, 0.3) is 10.6 Å². The van der Waals surface area contributed by atoms with Crippen LogP contribution in [-0.4, -0.2) is 60.0 Å². The molecule has 1 aromatic heterocycles. The molecule has 2 aliphatic rings. The molecule has 1 amide bonds. The Morgan fingerprint density at radius 1 is 1.21 bits per heavy atom. The minimum absolute atomic E-state index is 0.104. The molecule has 0 atom stereocenters. The average molecular weight is 399 g/mol. The molecule has 4 rings (SSSR count). The molecule has 1 aliphatic carbocycles. The molecule has 28 heavy (non-hydrogen) atoms. The second kappa shape index (κ2) is 9.16. The van der Waals surface area contributed by atoms with Gasteiger partial charge in [-0.3, -0.25) is 9.69 Å². The number of nitrogens with one attached hydrogen (secondary N) is 1. The number of piperazine rings is 1. The quantitative estimate of drug-likeness (QED) is 0.812. The summed E-state index contributed by atoms with van der Waals surface area (Å²) in [5.41, 5.74) is 3.36. The Kier molecular flexibility index (Phi) is 6.40. The first-order valence-corrected chi connectivity index (χ1v) is 11.3. The van der Waals surface area contributed by atoms with E-state index in [9.17, 15) is 4.79 Å². The first-order chi connectivity index (χ1) is 13.7. The number of aromatic nitrogens is 1. The molecule has 5 nitrogen and oxygen atoms in total. The number of hydrogen-bond acceptors (Lipinski definition) is 5. The zero-order chi connectivity index (χ0) is 19.3. The van der Waals surface area contributed by atoms with E-state index in [0.29, 0.717) is 12.5 Å². The molecule has 150 valence electrons. The zero-order valence-corrected chi connectivity index (χ0v) is 17.5. The van der Waals surface area contributed by atoms with Crippen molar-refractivity contribution in [3.63, 3.8) is 0 Å². The molecule has 2 aromatic rings. The Balaban J connectivity index is 1.36. The van der Waals surface area contributed by atoms with Crippen LogP contribution in [0.4, 0.5) is 0 Å². The van der Waals surface area contributed by atoms with Crippen molar-refractivity contribution in [3.05, 3.63) is 40.9 Å². The Labute approximate surface area is 171 Å². The maximum absolute atomic E-state index is 12.3. The molecule has 1 saturated heterocycles. The Morgan fingerprint density at radius 3 is 2.79 bits per heavy atom. The normalized spacial score (nSPS) is 19.2. The highest BCUT2D eigenvalue weighted by Gasteiger charge is 2.18. The van der Waals surface area contributed by atoms with E-state index in [1.807, 2.05) is 5.38 Å². The van der Waals surface area contributed by atoms with E-state index in [1.165, 1.54) is 18.4 Å². The van der Waals surface area contributed by atoms with Gasteiger partial charge in [-0.25, -0.2) is 4.98 Å². The molecule has 0 bridgehead atoms. The summed E-state index contributed by atoms with van der Waals surface area (Å²) in [5, 5.41) is 6.18. The fourth-order valence-electron chi connectivity index (χ4n) is 4.10. The van der Waals surface area contributed by atoms with Crippen LogP contribution in [-0.2, 0) is 17.8 Å². The third-order valence-corrected chi connectivity index (χ3v) is 6.73. The fraction of sp³-hybridized carbons (Fsp3) is 0.545. The van der Waals surface area contributed by atoms with Gasteiger partial charge in [0.25, 0.3) is 0 Å². The van der Waals surface area contributed by atoms with Crippen LogP contribution in [0.3, 0.4) is 0 Å². The van der Waals surface area contributed by atoms with Gasteiger partial charge in [0.05, 0.1) is 12.1 Å². The van der Waals surface area contributed by atoms with Gasteiger partial charge in [-0.1, -0.05) is 31.0 Å². The van der Waals surface area contributed by atoms with E-state index in [4.69, 9.17) is 4.98 Å². The number of carbonyl (C=O) groups is 1. The highest BCUT2D eigenvalue weighted by atomic mass is 32.1. The number of amides is 1. The van der Waals surface area contributed by atoms with E-state index >= 15 is 0 Å². The average Bonchev–Trinajstić information content (AvgIpc) is 3.36. The van der Waals surface area contributed by atoms with Crippen LogP contribution in [0.5, 0.6) is 0 Å². The van der Waals surface area contributed by atoms with E-state index < -0.39 is 0 Å². The van der Waals surface area contributed by atoms with E-state index in [2.05, 4.69) is 46.4 Å². The van der Waals surface area contributed by atoms with Crippen LogP contribution in [0, 0.1) is 0 Å². The molecule has 6 heteroatoms. The molecule has 1 aliphatic heterocycles. The van der Waals surface area contributed by atoms with Gasteiger partial charge in [-0.15, -0.1) is 11.3 Å². The summed E-state index contributed by atoms with van der Waals surface area (Å²) in [6.07, 6.45) is 5.09. The molecule has 1 aromatic carbocycles. The summed E-state index contributed by atoms with van der Waals surface area (Å²) in [4.78, 5) is 21.9. The number of carbonyl (C=O) groups excluding carboxylic acids is 1. The molecule has 0 radical (unpaired) electrons. The van der Waals surface area contributed by atoms with E-state index in [-0.39, 0.29) is 5.91 Å². The summed E-state index contributed by atoms with van der Waals surface area (Å²) in [6, 6.07) is 9.06. The highest BCUT2D eigenvalue weighted by Crippen LogP contribution is 2.25. The van der Waals surface area contributed by atoms with Gasteiger partial charge in [0.15, 0.2) is 0 Å². The first-order valence-electron chi connectivity index (χ1n) is 10.4. The van der Waals surface area contributed by atoms with Crippen molar-refractivity contribution in [1.82, 2.24) is 20.1 Å². The SMILES string of the molecule is CN1CCN(Cc2cccc(-c3nc(CC(=O)NC4CCCC4)cs3)c2)CC1. The third kappa shape index (κ3) is 5.19. The molecule has 2 fully saturated rings. The lowest BCUT2D eigenvalue weighted by Crippen LogP contribution is -2.43. The van der Waals surface area contributed by atoms with Crippen LogP contribution in [0.2, 0.25) is 0 Å². The number of nitrogens with zero attached hydrogens (tertiary/aromatic N) is 3. The number of benzene rings is 1. The Morgan fingerprint density at radius 2 is 2.00 bits per heavy atom. The predicted molar refractivity (Wildman–Crippen MR) is 114 cm³/mol. The summed E-state index contributed by atoms with van der Waals surface area (Å²) >= 11 is 1.63. The van der Waals surface area contributed by atoms with E-state index in [1.54, 1.807) is 11.3 Å². The predicted octanol–water partition coefficient (Wildman–Crippen LogP) is 3.16. The van der Waals surface area contributed by atoms with Crippen LogP contribution in [0.1, 0.15) is 36.9 Å². The van der Waals surface area contributed by atoms with Gasteiger partial charge in [-0.05, 0) is 31.5 Å². The van der Waals surface area contributed by atoms with Crippen molar-refractivity contribution in [2.45, 2.75) is 44.7 Å². The Bertz CT molecular complexity index is 791. The minimum Gasteiger partial charge on any atom is -0.353 e. The molecule has 2 heterocycles. The van der Waals surface area contributed by atoms with Crippen LogP contribution >= 0.6 is 11.3 Å². The van der Waals surface area contributed by atoms with Gasteiger partial charge < -0.3 is 10.2 Å². The topological polar surface area (TPSA) is 48.5 Å². The van der Waals surface area contributed by atoms with Crippen molar-refractivity contribution in [3.8, 4) is 10.6 Å². The smallest absolute Gasteiger partial charge is 0.226 e. The summed E-state index contributed by atoms with van der Waals surface area (Å²) in [5.74, 6) is 0.104. The van der Waals surface area contributed by atoms with Crippen molar-refractivity contribution in [2.75, 3.05) is 33.2 Å². The molecule has 1 saturated carbocycles. The minimum atomic E-state index is 0.104. The standard InChI is InChI=1S/C22H30N4OS/c1-25-9-11-26(12-10-25)15-17-5-4-6-18(13-17)22-24-20(16-28-22)14-21(27)23-19-7-2-3-8-19/h4-6,13,16,19H,2-3,7-12,14-15H2,1H3,(H,23,27). The maximum Gasteiger partial charge on any atom is 0.226 e. The van der Waals surface area contributed by atoms with Crippen molar-refractivity contribution < 1.29 is 4.79 Å². The molecular weight excluding hydrogens is 368 g/mol. The largest absolute Gasteiger partial charge is 0.353 e. The summed E-state index contributed by atoms with van der Waals surface area (Å²) in [6.45, 7) is 5.51. The fourth-order valence-corrected chi connectivity index (χ4v) is 4.92. The number of rotatable bonds is 6. The monoisotopic (exact) mass is 398 g/mol. The molecule has 0 spiro atoms. The lowest BCUT2D eigenvalue weighted by molar-refractivity contribution is -0.121. The van der Waals surface area contributed by atoms with Crippen molar-refractivity contribution in [1.29, 1.82) is 0 Å². The zero-order valence-electron chi connectivity index (χ0n) is 16.7. The molecular formula is C22H30N4OS. The van der Waals surface area contributed by atoms with Gasteiger partial charge in [0.2, 0.25) is 5.91 Å². The number of thiazole rings is 1. The summed E-state index contributed by atoms with van der Waals surface area (Å²) in [7, 11) is 2.19. The van der Waals surface area contributed by atoms with Gasteiger partial charge in [0, 0.05) is 49.7 Å². The van der Waals surface area contributed by atoms with Crippen LogP contribution in [0.15, 0.2) is 29.6 Å². The number of hydrogen-bond donors (Lipinski definition) is 1. The molecule has 0 unspecified atom stereocenters. The second-order valence-electron chi connectivity index (χ2n) is 8.15. The van der Waals surface area contributed by atoms with E-state index in [0.717, 1.165) is 61.8 Å². The highest BCUT2D eigenvalue weighted by molar-refractivity contribution is 7.13. The number of likely N-dealkylation sites (N-methyl/N-ethyl adjacent to an activating group) is 1. The lowest BCUT2D eigenvalue weighted by atomic mass is 10.1. The third-order valence-electron chi connectivity index (χ3n) is 5.79.